The fourth-order valence-corrected chi connectivity index (χ4v) is 6.54. The molecule has 14 nitrogen and oxygen atoms in total. The summed E-state index contributed by atoms with van der Waals surface area (Å²) in [4.78, 5) is 27.5. The minimum atomic E-state index is -1.14. The Balaban J connectivity index is 1.24. The van der Waals surface area contributed by atoms with Crippen LogP contribution in [0.3, 0.4) is 0 Å². The number of benzene rings is 2. The Hall–Kier alpha value is -4.92. The molecule has 244 valence electrons. The van der Waals surface area contributed by atoms with E-state index in [4.69, 9.17) is 30.2 Å². The lowest BCUT2D eigenvalue weighted by atomic mass is 9.91. The molecule has 2 aliphatic rings. The molecular weight excluding hydrogens is 600 g/mol. The molecule has 14 heteroatoms. The van der Waals surface area contributed by atoms with Crippen LogP contribution in [0.5, 0.6) is 0 Å². The monoisotopic (exact) mass is 638 g/mol. The Morgan fingerprint density at radius 1 is 1.00 bits per heavy atom. The van der Waals surface area contributed by atoms with Gasteiger partial charge in [-0.2, -0.15) is 25.0 Å². The maximum atomic E-state index is 11.5. The first kappa shape index (κ1) is 30.7. The molecule has 5 aromatic rings. The third-order valence-corrected chi connectivity index (χ3v) is 9.01. The highest BCUT2D eigenvalue weighted by Crippen LogP contribution is 2.36. The second-order valence-corrected chi connectivity index (χ2v) is 12.1. The minimum absolute atomic E-state index is 0.0380. The second-order valence-electron chi connectivity index (χ2n) is 12.1. The van der Waals surface area contributed by atoms with E-state index in [0.717, 1.165) is 25.7 Å². The van der Waals surface area contributed by atoms with Crippen molar-refractivity contribution >= 4 is 29.4 Å². The highest BCUT2D eigenvalue weighted by Gasteiger charge is 2.47. The number of rotatable bonds is 12. The van der Waals surface area contributed by atoms with E-state index >= 15 is 0 Å². The summed E-state index contributed by atoms with van der Waals surface area (Å²) in [6.45, 7) is 1.02. The van der Waals surface area contributed by atoms with Crippen molar-refractivity contribution in [3.63, 3.8) is 0 Å². The van der Waals surface area contributed by atoms with Gasteiger partial charge in [-0.3, -0.25) is 9.36 Å². The Bertz CT molecular complexity index is 1710. The van der Waals surface area contributed by atoms with Crippen molar-refractivity contribution in [1.82, 2.24) is 34.5 Å². The Morgan fingerprint density at radius 3 is 2.34 bits per heavy atom. The highest BCUT2D eigenvalue weighted by atomic mass is 16.6. The summed E-state index contributed by atoms with van der Waals surface area (Å²) >= 11 is 0. The molecular formula is C33H38N10O4. The van der Waals surface area contributed by atoms with E-state index in [2.05, 4.69) is 45.1 Å². The summed E-state index contributed by atoms with van der Waals surface area (Å²) in [5, 5.41) is 26.5. The van der Waals surface area contributed by atoms with Gasteiger partial charge in [0.25, 0.3) is 6.47 Å². The van der Waals surface area contributed by atoms with Gasteiger partial charge in [0, 0.05) is 24.5 Å². The summed E-state index contributed by atoms with van der Waals surface area (Å²) in [7, 11) is 0. The molecule has 0 bridgehead atoms. The molecule has 5 N–H and O–H groups in total. The van der Waals surface area contributed by atoms with Crippen LogP contribution in [-0.2, 0) is 20.8 Å². The minimum Gasteiger partial charge on any atom is -0.457 e. The molecule has 0 unspecified atom stereocenters. The molecule has 1 aliphatic heterocycles. The molecule has 0 radical (unpaired) electrons. The van der Waals surface area contributed by atoms with Gasteiger partial charge in [0.05, 0.1) is 25.3 Å². The number of fused-ring (bicyclic) bond motifs is 1. The lowest BCUT2D eigenvalue weighted by Gasteiger charge is -2.27. The van der Waals surface area contributed by atoms with Crippen molar-refractivity contribution in [3.05, 3.63) is 90.5 Å². The highest BCUT2D eigenvalue weighted by molar-refractivity contribution is 5.84. The van der Waals surface area contributed by atoms with Crippen molar-refractivity contribution in [1.29, 1.82) is 0 Å². The average molecular weight is 639 g/mol. The number of nitrogens with two attached hydrogens (primary N) is 1. The van der Waals surface area contributed by atoms with E-state index in [1.807, 2.05) is 36.4 Å². The Labute approximate surface area is 271 Å². The van der Waals surface area contributed by atoms with E-state index in [1.165, 1.54) is 15.9 Å². The van der Waals surface area contributed by atoms with E-state index in [9.17, 15) is 9.90 Å². The number of ether oxygens (including phenoxy) is 2. The van der Waals surface area contributed by atoms with Crippen LogP contribution in [0.4, 0.5) is 11.8 Å². The predicted molar refractivity (Wildman–Crippen MR) is 173 cm³/mol. The van der Waals surface area contributed by atoms with Gasteiger partial charge in [-0.15, -0.1) is 0 Å². The number of carbonyl (C=O) groups excluding carboxylic acids is 1. The van der Waals surface area contributed by atoms with Gasteiger partial charge in [0.2, 0.25) is 5.95 Å². The number of nitrogens with one attached hydrogen (secondary N) is 2. The van der Waals surface area contributed by atoms with Gasteiger partial charge < -0.3 is 30.9 Å². The van der Waals surface area contributed by atoms with E-state index in [1.54, 1.807) is 23.3 Å². The fourth-order valence-electron chi connectivity index (χ4n) is 6.54. The number of aromatic nitrogens is 7. The Morgan fingerprint density at radius 2 is 1.68 bits per heavy atom. The summed E-state index contributed by atoms with van der Waals surface area (Å²) < 4.78 is 13.4. The zero-order valence-electron chi connectivity index (χ0n) is 25.7. The molecule has 3 aromatic heterocycles. The number of hydrogen-bond acceptors (Lipinski definition) is 12. The number of hydrogen-bond donors (Lipinski definition) is 4. The lowest BCUT2D eigenvalue weighted by Crippen LogP contribution is -2.36. The summed E-state index contributed by atoms with van der Waals surface area (Å²) in [6, 6.07) is 21.0. The molecule has 0 spiro atoms. The molecule has 47 heavy (non-hydrogen) atoms. The second kappa shape index (κ2) is 13.8. The molecule has 2 aromatic carbocycles. The van der Waals surface area contributed by atoms with Crippen molar-refractivity contribution in [2.24, 2.45) is 5.73 Å². The van der Waals surface area contributed by atoms with Gasteiger partial charge in [0.15, 0.2) is 29.3 Å². The maximum absolute atomic E-state index is 11.5. The van der Waals surface area contributed by atoms with Gasteiger partial charge >= 0.3 is 0 Å². The predicted octanol–water partition coefficient (Wildman–Crippen LogP) is 2.84. The number of carbonyl (C=O) groups is 1. The van der Waals surface area contributed by atoms with Crippen molar-refractivity contribution in [3.8, 4) is 0 Å². The van der Waals surface area contributed by atoms with Gasteiger partial charge in [-0.25, -0.2) is 4.98 Å². The smallest absolute Gasteiger partial charge is 0.293 e. The Kier molecular flexibility index (Phi) is 9.04. The number of aliphatic hydroxyl groups is 1. The first-order valence-corrected chi connectivity index (χ1v) is 15.9. The van der Waals surface area contributed by atoms with E-state index in [0.29, 0.717) is 35.9 Å². The molecule has 0 amide bonds. The quantitative estimate of drug-likeness (QED) is 0.147. The summed E-state index contributed by atoms with van der Waals surface area (Å²) in [5.74, 6) is 1.02. The first-order chi connectivity index (χ1) is 23.1. The third-order valence-electron chi connectivity index (χ3n) is 9.01. The fraction of sp³-hybridized carbons (Fsp3) is 0.394. The number of aliphatic hydroxyl groups excluding tert-OH is 1. The topological polar surface area (TPSA) is 180 Å². The van der Waals surface area contributed by atoms with Crippen molar-refractivity contribution < 1.29 is 19.4 Å². The molecule has 1 aliphatic carbocycles. The van der Waals surface area contributed by atoms with Gasteiger partial charge in [-0.05, 0) is 36.8 Å². The molecule has 4 heterocycles. The summed E-state index contributed by atoms with van der Waals surface area (Å²) in [5.41, 5.74) is 9.48. The van der Waals surface area contributed by atoms with Crippen LogP contribution in [0.1, 0.15) is 49.0 Å². The zero-order chi connectivity index (χ0) is 32.2. The third kappa shape index (κ3) is 6.66. The maximum Gasteiger partial charge on any atom is 0.293 e. The molecule has 1 saturated heterocycles. The molecule has 2 fully saturated rings. The standard InChI is InChI=1S/C33H38N10O4/c34-23-11-13-24(14-12-23)39-33-40-30(35-17-25(21-7-3-1-4-8-21)22-9-5-2-6-10-22)27-31(41-33)42(19-36-27)32-29(46-20-44)28(45)26(47-32)18-43-37-15-16-38-43/h1-10,15-16,19-20,23-26,28-29,32,45H,11-14,17-18,34H2,(H2,35,39,40,41)/t23-,24-,26-,28-,29-,32-/m1/s1. The van der Waals surface area contributed by atoms with Crippen LogP contribution in [0.25, 0.3) is 11.2 Å². The normalized spacial score (nSPS) is 24.4. The number of imidazole rings is 1. The molecule has 7 rings (SSSR count). The molecule has 4 atom stereocenters. The largest absolute Gasteiger partial charge is 0.457 e. The van der Waals surface area contributed by atoms with Gasteiger partial charge in [-0.1, -0.05) is 60.7 Å². The van der Waals surface area contributed by atoms with E-state index < -0.39 is 24.5 Å². The lowest BCUT2D eigenvalue weighted by molar-refractivity contribution is -0.142. The SMILES string of the molecule is N[C@H]1CC[C@H](Nc2nc(NCC(c3ccccc3)c3ccccc3)c3ncn([C@@H]4O[C@H](Cn5nccn5)[C@@H](O)[C@H]4OC=O)c3n2)CC1. The first-order valence-electron chi connectivity index (χ1n) is 15.9. The van der Waals surface area contributed by atoms with E-state index in [-0.39, 0.29) is 24.5 Å². The van der Waals surface area contributed by atoms with Crippen LogP contribution < -0.4 is 16.4 Å². The zero-order valence-corrected chi connectivity index (χ0v) is 25.7. The summed E-state index contributed by atoms with van der Waals surface area (Å²) in [6.07, 6.45) is 4.49. The average Bonchev–Trinajstić information content (AvgIpc) is 3.84. The van der Waals surface area contributed by atoms with Crippen molar-refractivity contribution in [2.45, 2.75) is 74.8 Å². The van der Waals surface area contributed by atoms with Crippen LogP contribution >= 0.6 is 0 Å². The number of nitrogens with zero attached hydrogens (tertiary/aromatic N) is 7. The van der Waals surface area contributed by atoms with Crippen LogP contribution in [0.2, 0.25) is 0 Å². The molecule has 1 saturated carbocycles. The van der Waals surface area contributed by atoms with Crippen LogP contribution in [0, 0.1) is 0 Å². The van der Waals surface area contributed by atoms with Crippen molar-refractivity contribution in [2.75, 3.05) is 17.2 Å². The van der Waals surface area contributed by atoms with Crippen LogP contribution in [-0.4, -0.2) is 83.0 Å². The van der Waals surface area contributed by atoms with Crippen LogP contribution in [0.15, 0.2) is 79.4 Å². The number of anilines is 2. The van der Waals surface area contributed by atoms with Gasteiger partial charge in [0.1, 0.15) is 12.2 Å².